The third-order valence-corrected chi connectivity index (χ3v) is 5.06. The molecule has 4 heterocycles. The van der Waals surface area contributed by atoms with E-state index >= 15 is 0 Å². The maximum absolute atomic E-state index is 5.22. The molecule has 0 spiro atoms. The zero-order chi connectivity index (χ0) is 19.6. The van der Waals surface area contributed by atoms with Crippen molar-refractivity contribution >= 4 is 22.8 Å². The summed E-state index contributed by atoms with van der Waals surface area (Å²) in [6.07, 6.45) is 6.36. The molecule has 0 amide bonds. The number of fused-ring (bicyclic) bond motifs is 1. The molecular weight excluding hydrogens is 368 g/mol. The number of anilines is 2. The Morgan fingerprint density at radius 1 is 1.07 bits per heavy atom. The molecule has 0 aliphatic carbocycles. The van der Waals surface area contributed by atoms with Crippen LogP contribution in [0, 0.1) is 0 Å². The maximum atomic E-state index is 5.22. The summed E-state index contributed by atoms with van der Waals surface area (Å²) >= 11 is 0. The molecule has 146 valence electrons. The van der Waals surface area contributed by atoms with Crippen molar-refractivity contribution in [1.82, 2.24) is 29.9 Å². The van der Waals surface area contributed by atoms with Crippen molar-refractivity contribution in [1.29, 1.82) is 0 Å². The van der Waals surface area contributed by atoms with Crippen LogP contribution in [0.2, 0.25) is 0 Å². The molecule has 9 nitrogen and oxygen atoms in total. The van der Waals surface area contributed by atoms with Gasteiger partial charge in [-0.05, 0) is 42.8 Å². The van der Waals surface area contributed by atoms with Gasteiger partial charge in [-0.25, -0.2) is 4.98 Å². The van der Waals surface area contributed by atoms with E-state index in [2.05, 4.69) is 35.5 Å². The van der Waals surface area contributed by atoms with E-state index in [4.69, 9.17) is 4.74 Å². The quantitative estimate of drug-likeness (QED) is 0.557. The largest absolute Gasteiger partial charge is 0.497 e. The first-order valence-electron chi connectivity index (χ1n) is 9.44. The third kappa shape index (κ3) is 3.42. The highest BCUT2D eigenvalue weighted by Crippen LogP contribution is 2.22. The van der Waals surface area contributed by atoms with Gasteiger partial charge < -0.3 is 15.0 Å². The Hall–Kier alpha value is -3.75. The Labute approximate surface area is 167 Å². The molecule has 1 aromatic carbocycles. The lowest BCUT2D eigenvalue weighted by Gasteiger charge is -2.18. The highest BCUT2D eigenvalue weighted by atomic mass is 16.5. The van der Waals surface area contributed by atoms with E-state index in [1.807, 2.05) is 48.8 Å². The Kier molecular flexibility index (Phi) is 4.39. The molecule has 29 heavy (non-hydrogen) atoms. The highest BCUT2D eigenvalue weighted by Gasteiger charge is 2.23. The zero-order valence-corrected chi connectivity index (χ0v) is 15.9. The lowest BCUT2D eigenvalue weighted by atomic mass is 10.3. The predicted molar refractivity (Wildman–Crippen MR) is 109 cm³/mol. The second-order valence-electron chi connectivity index (χ2n) is 6.88. The van der Waals surface area contributed by atoms with Gasteiger partial charge in [-0.1, -0.05) is 5.21 Å². The van der Waals surface area contributed by atoms with Crippen LogP contribution in [0.15, 0.2) is 55.0 Å². The summed E-state index contributed by atoms with van der Waals surface area (Å²) in [5.74, 6) is 1.37. The van der Waals surface area contributed by atoms with Gasteiger partial charge in [0.25, 0.3) is 0 Å². The summed E-state index contributed by atoms with van der Waals surface area (Å²) in [5, 5.41) is 11.9. The minimum Gasteiger partial charge on any atom is -0.497 e. The standard InChI is InChI=1S/C20H20N8O/c1-29-17-4-2-16(3-5-17)28-19-18(25-26-28)12-22-20(24-19)23-14-8-11-27(13-14)15-6-9-21-10-7-15/h2-7,9-10,12,14H,8,11,13H2,1H3,(H,22,23,24)/t14-/m0/s1. The number of nitrogens with one attached hydrogen (secondary N) is 1. The molecule has 1 fully saturated rings. The fourth-order valence-electron chi connectivity index (χ4n) is 3.55. The minimum atomic E-state index is 0.269. The van der Waals surface area contributed by atoms with E-state index in [9.17, 15) is 0 Å². The number of nitrogens with zero attached hydrogens (tertiary/aromatic N) is 7. The number of rotatable bonds is 5. The molecule has 1 atom stereocenters. The number of pyridine rings is 1. The smallest absolute Gasteiger partial charge is 0.225 e. The summed E-state index contributed by atoms with van der Waals surface area (Å²) in [6.45, 7) is 1.87. The number of hydrogen-bond donors (Lipinski definition) is 1. The van der Waals surface area contributed by atoms with Crippen LogP contribution < -0.4 is 15.0 Å². The van der Waals surface area contributed by atoms with Crippen molar-refractivity contribution < 1.29 is 4.74 Å². The van der Waals surface area contributed by atoms with Crippen LogP contribution in [0.1, 0.15) is 6.42 Å². The van der Waals surface area contributed by atoms with Crippen molar-refractivity contribution in [3.63, 3.8) is 0 Å². The van der Waals surface area contributed by atoms with Crippen molar-refractivity contribution in [2.75, 3.05) is 30.4 Å². The Morgan fingerprint density at radius 3 is 2.69 bits per heavy atom. The monoisotopic (exact) mass is 388 g/mol. The van der Waals surface area contributed by atoms with Gasteiger partial charge in [0.15, 0.2) is 11.2 Å². The van der Waals surface area contributed by atoms with E-state index in [0.29, 0.717) is 17.1 Å². The first-order chi connectivity index (χ1) is 14.3. The lowest BCUT2D eigenvalue weighted by Crippen LogP contribution is -2.26. The average Bonchev–Trinajstić information content (AvgIpc) is 3.41. The van der Waals surface area contributed by atoms with Crippen molar-refractivity contribution in [3.8, 4) is 11.4 Å². The Morgan fingerprint density at radius 2 is 1.90 bits per heavy atom. The van der Waals surface area contributed by atoms with E-state index < -0.39 is 0 Å². The lowest BCUT2D eigenvalue weighted by molar-refractivity contribution is 0.414. The molecule has 0 radical (unpaired) electrons. The Bertz CT molecular complexity index is 1110. The first kappa shape index (κ1) is 17.4. The molecule has 5 rings (SSSR count). The van der Waals surface area contributed by atoms with Crippen molar-refractivity contribution in [3.05, 3.63) is 55.0 Å². The van der Waals surface area contributed by atoms with Crippen LogP contribution >= 0.6 is 0 Å². The summed E-state index contributed by atoms with van der Waals surface area (Å²) in [6, 6.07) is 11.9. The molecule has 3 aromatic heterocycles. The maximum Gasteiger partial charge on any atom is 0.225 e. The summed E-state index contributed by atoms with van der Waals surface area (Å²) in [7, 11) is 1.64. The summed E-state index contributed by atoms with van der Waals surface area (Å²) in [4.78, 5) is 15.5. The molecule has 0 bridgehead atoms. The second kappa shape index (κ2) is 7.34. The van der Waals surface area contributed by atoms with Crippen molar-refractivity contribution in [2.24, 2.45) is 0 Å². The molecule has 1 saturated heterocycles. The van der Waals surface area contributed by atoms with Crippen LogP contribution in [-0.4, -0.2) is 56.2 Å². The molecular formula is C20H20N8O. The van der Waals surface area contributed by atoms with Crippen LogP contribution in [0.5, 0.6) is 5.75 Å². The number of aromatic nitrogens is 6. The van der Waals surface area contributed by atoms with Crippen LogP contribution in [-0.2, 0) is 0 Å². The molecule has 0 saturated carbocycles. The average molecular weight is 388 g/mol. The van der Waals surface area contributed by atoms with E-state index in [-0.39, 0.29) is 6.04 Å². The number of methoxy groups -OCH3 is 1. The molecule has 1 aliphatic heterocycles. The number of benzene rings is 1. The van der Waals surface area contributed by atoms with Crippen LogP contribution in [0.4, 0.5) is 11.6 Å². The topological polar surface area (TPSA) is 93.9 Å². The third-order valence-electron chi connectivity index (χ3n) is 5.06. The van der Waals surface area contributed by atoms with E-state index in [1.54, 1.807) is 18.0 Å². The number of hydrogen-bond acceptors (Lipinski definition) is 8. The van der Waals surface area contributed by atoms with Gasteiger partial charge in [-0.15, -0.1) is 5.10 Å². The first-order valence-corrected chi connectivity index (χ1v) is 9.44. The van der Waals surface area contributed by atoms with Gasteiger partial charge in [0.05, 0.1) is 19.0 Å². The molecule has 9 heteroatoms. The molecule has 1 aliphatic rings. The van der Waals surface area contributed by atoms with Gasteiger partial charge >= 0.3 is 0 Å². The van der Waals surface area contributed by atoms with Crippen LogP contribution in [0.25, 0.3) is 16.9 Å². The fourth-order valence-corrected chi connectivity index (χ4v) is 3.55. The molecule has 0 unspecified atom stereocenters. The van der Waals surface area contributed by atoms with E-state index in [1.165, 1.54) is 5.69 Å². The normalized spacial score (nSPS) is 16.3. The minimum absolute atomic E-state index is 0.269. The molecule has 1 N–H and O–H groups in total. The highest BCUT2D eigenvalue weighted by molar-refractivity contribution is 5.72. The van der Waals surface area contributed by atoms with E-state index in [0.717, 1.165) is 30.9 Å². The zero-order valence-electron chi connectivity index (χ0n) is 15.9. The van der Waals surface area contributed by atoms with Crippen molar-refractivity contribution in [2.45, 2.75) is 12.5 Å². The fraction of sp³-hybridized carbons (Fsp3) is 0.250. The van der Waals surface area contributed by atoms with Gasteiger partial charge in [-0.3, -0.25) is 4.98 Å². The number of ether oxygens (including phenoxy) is 1. The summed E-state index contributed by atoms with van der Waals surface area (Å²) < 4.78 is 6.93. The predicted octanol–water partition coefficient (Wildman–Crippen LogP) is 2.30. The van der Waals surface area contributed by atoms with Crippen LogP contribution in [0.3, 0.4) is 0 Å². The summed E-state index contributed by atoms with van der Waals surface area (Å²) in [5.41, 5.74) is 3.36. The van der Waals surface area contributed by atoms with Gasteiger partial charge in [-0.2, -0.15) is 9.67 Å². The SMILES string of the molecule is COc1ccc(-n2nnc3cnc(N[C@H]4CCN(c5ccncc5)C4)nc32)cc1. The second-order valence-corrected chi connectivity index (χ2v) is 6.88. The Balaban J connectivity index is 1.36. The molecule has 4 aromatic rings. The van der Waals surface area contributed by atoms with Gasteiger partial charge in [0.2, 0.25) is 5.95 Å². The van der Waals surface area contributed by atoms with Gasteiger partial charge in [0, 0.05) is 37.2 Å². The van der Waals surface area contributed by atoms with Gasteiger partial charge in [0.1, 0.15) is 5.75 Å².